The van der Waals surface area contributed by atoms with Gasteiger partial charge in [-0.15, -0.1) is 0 Å². The highest BCUT2D eigenvalue weighted by Gasteiger charge is 2.15. The highest BCUT2D eigenvalue weighted by atomic mass is 16.5. The van der Waals surface area contributed by atoms with Gasteiger partial charge in [-0.25, -0.2) is 0 Å². The van der Waals surface area contributed by atoms with Gasteiger partial charge in [0, 0.05) is 29.2 Å². The molecule has 0 radical (unpaired) electrons. The van der Waals surface area contributed by atoms with Gasteiger partial charge in [-0.05, 0) is 50.6 Å². The molecule has 7 nitrogen and oxygen atoms in total. The SMILES string of the molecule is COc1cccc(-n2c(C)cc(/C=C(/C#N)C(=O)Nc3cc(C)on3)c2C)c1. The number of hydrogen-bond acceptors (Lipinski definition) is 5. The first-order valence-electron chi connectivity index (χ1n) is 8.62. The predicted octanol–water partition coefficient (Wildman–Crippen LogP) is 3.94. The van der Waals surface area contributed by atoms with Gasteiger partial charge in [0.2, 0.25) is 0 Å². The number of aryl methyl sites for hydroxylation is 2. The number of carbonyl (C=O) groups excluding carboxylic acids is 1. The molecule has 0 aliphatic rings. The number of nitriles is 1. The molecule has 28 heavy (non-hydrogen) atoms. The van der Waals surface area contributed by atoms with E-state index < -0.39 is 5.91 Å². The van der Waals surface area contributed by atoms with E-state index in [-0.39, 0.29) is 11.4 Å². The average molecular weight is 376 g/mol. The fourth-order valence-corrected chi connectivity index (χ4v) is 2.99. The summed E-state index contributed by atoms with van der Waals surface area (Å²) in [6, 6.07) is 13.2. The van der Waals surface area contributed by atoms with Crippen LogP contribution in [0.2, 0.25) is 0 Å². The lowest BCUT2D eigenvalue weighted by atomic mass is 10.1. The van der Waals surface area contributed by atoms with Crippen LogP contribution in [0, 0.1) is 32.1 Å². The van der Waals surface area contributed by atoms with Crippen molar-refractivity contribution in [1.82, 2.24) is 9.72 Å². The number of nitrogens with one attached hydrogen (secondary N) is 1. The molecule has 7 heteroatoms. The minimum absolute atomic E-state index is 0.0217. The smallest absolute Gasteiger partial charge is 0.267 e. The first kappa shape index (κ1) is 19.0. The third-order valence-corrected chi connectivity index (χ3v) is 4.32. The quantitative estimate of drug-likeness (QED) is 0.538. The third-order valence-electron chi connectivity index (χ3n) is 4.32. The summed E-state index contributed by atoms with van der Waals surface area (Å²) in [4.78, 5) is 12.4. The van der Waals surface area contributed by atoms with E-state index in [0.717, 1.165) is 28.4 Å². The molecule has 0 saturated heterocycles. The number of carbonyl (C=O) groups is 1. The van der Waals surface area contributed by atoms with Crippen LogP contribution in [-0.2, 0) is 4.79 Å². The number of nitrogens with zero attached hydrogens (tertiary/aromatic N) is 3. The van der Waals surface area contributed by atoms with Crippen LogP contribution in [0.3, 0.4) is 0 Å². The molecule has 1 amide bonds. The van der Waals surface area contributed by atoms with Crippen molar-refractivity contribution in [1.29, 1.82) is 5.26 Å². The van der Waals surface area contributed by atoms with Crippen LogP contribution in [-0.4, -0.2) is 22.7 Å². The fourth-order valence-electron chi connectivity index (χ4n) is 2.99. The zero-order valence-corrected chi connectivity index (χ0v) is 16.1. The average Bonchev–Trinajstić information content (AvgIpc) is 3.21. The lowest BCUT2D eigenvalue weighted by Crippen LogP contribution is -2.13. The van der Waals surface area contributed by atoms with E-state index in [1.54, 1.807) is 26.2 Å². The number of anilines is 1. The van der Waals surface area contributed by atoms with Crippen molar-refractivity contribution in [2.75, 3.05) is 12.4 Å². The Labute approximate surface area is 162 Å². The normalized spacial score (nSPS) is 11.2. The molecule has 1 N–H and O–H groups in total. The second kappa shape index (κ2) is 7.84. The van der Waals surface area contributed by atoms with E-state index in [1.807, 2.05) is 54.8 Å². The molecule has 2 heterocycles. The van der Waals surface area contributed by atoms with Crippen LogP contribution >= 0.6 is 0 Å². The van der Waals surface area contributed by atoms with E-state index in [0.29, 0.717) is 5.76 Å². The minimum Gasteiger partial charge on any atom is -0.497 e. The zero-order chi connectivity index (χ0) is 20.3. The molecular formula is C21H20N4O3. The largest absolute Gasteiger partial charge is 0.497 e. The van der Waals surface area contributed by atoms with Crippen LogP contribution in [0.5, 0.6) is 5.75 Å². The number of benzene rings is 1. The number of aromatic nitrogens is 2. The molecule has 3 rings (SSSR count). The van der Waals surface area contributed by atoms with Crippen molar-refractivity contribution in [3.05, 3.63) is 64.7 Å². The predicted molar refractivity (Wildman–Crippen MR) is 105 cm³/mol. The van der Waals surface area contributed by atoms with Crippen molar-refractivity contribution >= 4 is 17.8 Å². The van der Waals surface area contributed by atoms with E-state index in [9.17, 15) is 10.1 Å². The summed E-state index contributed by atoms with van der Waals surface area (Å²) in [6.45, 7) is 5.62. The second-order valence-corrected chi connectivity index (χ2v) is 6.31. The second-order valence-electron chi connectivity index (χ2n) is 6.31. The van der Waals surface area contributed by atoms with Gasteiger partial charge in [-0.1, -0.05) is 11.2 Å². The summed E-state index contributed by atoms with van der Waals surface area (Å²) >= 11 is 0. The molecule has 0 saturated carbocycles. The molecule has 2 aromatic heterocycles. The Balaban J connectivity index is 1.94. The van der Waals surface area contributed by atoms with Gasteiger partial charge in [0.05, 0.1) is 7.11 Å². The number of ether oxygens (including phenoxy) is 1. The standard InChI is InChI=1S/C21H20N4O3/c1-13-8-16(15(3)25(13)18-6-5-7-19(11-18)27-4)10-17(12-22)21(26)23-20-9-14(2)28-24-20/h5-11H,1-4H3,(H,23,24,26)/b17-10-. The van der Waals surface area contributed by atoms with Gasteiger partial charge in [0.25, 0.3) is 5.91 Å². The van der Waals surface area contributed by atoms with Crippen molar-refractivity contribution in [3.63, 3.8) is 0 Å². The summed E-state index contributed by atoms with van der Waals surface area (Å²) in [6.07, 6.45) is 1.57. The fraction of sp³-hybridized carbons (Fsp3) is 0.190. The summed E-state index contributed by atoms with van der Waals surface area (Å²) < 4.78 is 12.3. The van der Waals surface area contributed by atoms with Gasteiger partial charge in [-0.2, -0.15) is 5.26 Å². The molecule has 1 aromatic carbocycles. The Bertz CT molecular complexity index is 1100. The summed E-state index contributed by atoms with van der Waals surface area (Å²) in [5, 5.41) is 15.7. The van der Waals surface area contributed by atoms with Crippen LogP contribution in [0.4, 0.5) is 5.82 Å². The lowest BCUT2D eigenvalue weighted by molar-refractivity contribution is -0.112. The highest BCUT2D eigenvalue weighted by Crippen LogP contribution is 2.25. The van der Waals surface area contributed by atoms with Gasteiger partial charge in [-0.3, -0.25) is 4.79 Å². The van der Waals surface area contributed by atoms with Crippen LogP contribution < -0.4 is 10.1 Å². The van der Waals surface area contributed by atoms with Gasteiger partial charge < -0.3 is 19.1 Å². The number of amides is 1. The first-order chi connectivity index (χ1) is 13.4. The zero-order valence-electron chi connectivity index (χ0n) is 16.1. The molecule has 0 aliphatic carbocycles. The maximum absolute atomic E-state index is 12.4. The van der Waals surface area contributed by atoms with Gasteiger partial charge in [0.15, 0.2) is 5.82 Å². The van der Waals surface area contributed by atoms with E-state index in [1.165, 1.54) is 0 Å². The van der Waals surface area contributed by atoms with E-state index in [2.05, 4.69) is 10.5 Å². The molecule has 0 fully saturated rings. The maximum Gasteiger partial charge on any atom is 0.267 e. The Hall–Kier alpha value is -3.79. The lowest BCUT2D eigenvalue weighted by Gasteiger charge is -2.11. The topological polar surface area (TPSA) is 93.1 Å². The van der Waals surface area contributed by atoms with Crippen molar-refractivity contribution in [2.24, 2.45) is 0 Å². The molecule has 0 bridgehead atoms. The van der Waals surface area contributed by atoms with Crippen molar-refractivity contribution in [3.8, 4) is 17.5 Å². The third kappa shape index (κ3) is 3.81. The number of hydrogen-bond donors (Lipinski definition) is 1. The van der Waals surface area contributed by atoms with Crippen LogP contribution in [0.25, 0.3) is 11.8 Å². The molecular weight excluding hydrogens is 356 g/mol. The number of methoxy groups -OCH3 is 1. The van der Waals surface area contributed by atoms with Crippen LogP contribution in [0.1, 0.15) is 22.7 Å². The molecule has 142 valence electrons. The molecule has 0 atom stereocenters. The van der Waals surface area contributed by atoms with Gasteiger partial charge in [0.1, 0.15) is 23.2 Å². The van der Waals surface area contributed by atoms with E-state index in [4.69, 9.17) is 9.26 Å². The maximum atomic E-state index is 12.4. The summed E-state index contributed by atoms with van der Waals surface area (Å²) in [5.74, 6) is 1.05. The highest BCUT2D eigenvalue weighted by molar-refractivity contribution is 6.09. The summed E-state index contributed by atoms with van der Waals surface area (Å²) in [5.41, 5.74) is 3.58. The van der Waals surface area contributed by atoms with Crippen LogP contribution in [0.15, 0.2) is 46.5 Å². The van der Waals surface area contributed by atoms with E-state index >= 15 is 0 Å². The molecule has 3 aromatic rings. The summed E-state index contributed by atoms with van der Waals surface area (Å²) in [7, 11) is 1.62. The minimum atomic E-state index is -0.540. The monoisotopic (exact) mass is 376 g/mol. The Morgan fingerprint density at radius 3 is 2.71 bits per heavy atom. The number of rotatable bonds is 5. The molecule has 0 unspecified atom stereocenters. The Kier molecular flexibility index (Phi) is 5.32. The Morgan fingerprint density at radius 2 is 2.07 bits per heavy atom. The van der Waals surface area contributed by atoms with Crippen molar-refractivity contribution < 1.29 is 14.1 Å². The molecule has 0 spiro atoms. The Morgan fingerprint density at radius 1 is 1.29 bits per heavy atom. The van der Waals surface area contributed by atoms with Crippen molar-refractivity contribution in [2.45, 2.75) is 20.8 Å². The van der Waals surface area contributed by atoms with Gasteiger partial charge >= 0.3 is 0 Å². The first-order valence-corrected chi connectivity index (χ1v) is 8.62. The molecule has 0 aliphatic heterocycles.